The zero-order valence-corrected chi connectivity index (χ0v) is 22.8. The van der Waals surface area contributed by atoms with E-state index in [-0.39, 0.29) is 17.4 Å². The van der Waals surface area contributed by atoms with Crippen LogP contribution >= 0.6 is 11.8 Å². The number of ether oxygens (including phenoxy) is 2. The van der Waals surface area contributed by atoms with Crippen LogP contribution in [0.1, 0.15) is 43.4 Å². The number of allylic oxidation sites excluding steroid dienone is 1. The van der Waals surface area contributed by atoms with Gasteiger partial charge in [0.05, 0.1) is 11.5 Å². The number of likely N-dealkylation sites (tertiary alicyclic amines) is 1. The lowest BCUT2D eigenvalue weighted by Crippen LogP contribution is -2.45. The molecule has 0 radical (unpaired) electrons. The Morgan fingerprint density at radius 2 is 1.87 bits per heavy atom. The second-order valence-electron chi connectivity index (χ2n) is 9.54. The van der Waals surface area contributed by atoms with Crippen LogP contribution in [-0.4, -0.2) is 53.1 Å². The molecule has 0 atom stereocenters. The highest BCUT2D eigenvalue weighted by atomic mass is 32.2. The summed E-state index contributed by atoms with van der Waals surface area (Å²) in [6, 6.07) is 13.6. The van der Waals surface area contributed by atoms with E-state index in [1.165, 1.54) is 0 Å². The van der Waals surface area contributed by atoms with Gasteiger partial charge in [-0.2, -0.15) is 0 Å². The van der Waals surface area contributed by atoms with Gasteiger partial charge in [0, 0.05) is 18.7 Å². The third-order valence-corrected chi connectivity index (χ3v) is 7.55. The monoisotopic (exact) mass is 534 g/mol. The Morgan fingerprint density at radius 3 is 2.55 bits per heavy atom. The number of imide groups is 1. The van der Waals surface area contributed by atoms with Crippen molar-refractivity contribution in [1.29, 1.82) is 0 Å². The molecule has 0 bridgehead atoms. The first kappa shape index (κ1) is 27.5. The Labute approximate surface area is 228 Å². The number of piperidine rings is 1. The van der Waals surface area contributed by atoms with Gasteiger partial charge in [-0.1, -0.05) is 43.3 Å². The van der Waals surface area contributed by atoms with E-state index in [1.807, 2.05) is 49.4 Å². The molecule has 2 aliphatic heterocycles. The third-order valence-electron chi connectivity index (χ3n) is 6.65. The van der Waals surface area contributed by atoms with E-state index >= 15 is 0 Å². The average Bonchev–Trinajstić information content (AvgIpc) is 3.16. The lowest BCUT2D eigenvalue weighted by Gasteiger charge is -2.31. The van der Waals surface area contributed by atoms with Gasteiger partial charge in [-0.05, 0) is 73.2 Å². The van der Waals surface area contributed by atoms with E-state index in [0.29, 0.717) is 55.7 Å². The maximum Gasteiger partial charge on any atom is 0.294 e. The largest absolute Gasteiger partial charge is 0.490 e. The summed E-state index contributed by atoms with van der Waals surface area (Å²) in [6.07, 6.45) is 5.87. The third kappa shape index (κ3) is 6.67. The van der Waals surface area contributed by atoms with Crippen molar-refractivity contribution in [2.75, 3.05) is 26.2 Å². The Kier molecular flexibility index (Phi) is 9.29. The highest BCUT2D eigenvalue weighted by Crippen LogP contribution is 2.38. The van der Waals surface area contributed by atoms with Gasteiger partial charge in [0.25, 0.3) is 11.1 Å². The zero-order valence-electron chi connectivity index (χ0n) is 22.0. The summed E-state index contributed by atoms with van der Waals surface area (Å²) in [5, 5.41) is -0.431. The van der Waals surface area contributed by atoms with Crippen LogP contribution in [0.25, 0.3) is 6.08 Å². The van der Waals surface area contributed by atoms with Crippen LogP contribution in [0.2, 0.25) is 0 Å². The summed E-state index contributed by atoms with van der Waals surface area (Å²) in [4.78, 5) is 41.6. The fourth-order valence-electron chi connectivity index (χ4n) is 4.51. The minimum absolute atomic E-state index is 0.188. The minimum atomic E-state index is -0.452. The molecule has 7 nitrogen and oxygen atoms in total. The van der Waals surface area contributed by atoms with Gasteiger partial charge in [0.1, 0.15) is 13.2 Å². The van der Waals surface area contributed by atoms with Crippen LogP contribution in [0, 0.1) is 5.92 Å². The summed E-state index contributed by atoms with van der Waals surface area (Å²) in [5.41, 5.74) is 2.60. The Hall–Kier alpha value is -3.52. The van der Waals surface area contributed by atoms with Crippen LogP contribution in [0.15, 0.2) is 60.0 Å². The topological polar surface area (TPSA) is 76.2 Å². The fourth-order valence-corrected chi connectivity index (χ4v) is 5.35. The molecule has 2 saturated heterocycles. The van der Waals surface area contributed by atoms with Gasteiger partial charge in [0.2, 0.25) is 5.91 Å². The number of hydrogen-bond acceptors (Lipinski definition) is 6. The molecule has 0 unspecified atom stereocenters. The van der Waals surface area contributed by atoms with E-state index in [2.05, 4.69) is 13.5 Å². The maximum absolute atomic E-state index is 13.1. The quantitative estimate of drug-likeness (QED) is 0.288. The molecule has 4 rings (SSSR count). The molecular weight excluding hydrogens is 500 g/mol. The second-order valence-corrected chi connectivity index (χ2v) is 10.5. The lowest BCUT2D eigenvalue weighted by atomic mass is 9.99. The van der Waals surface area contributed by atoms with Crippen molar-refractivity contribution in [3.05, 3.63) is 76.7 Å². The summed E-state index contributed by atoms with van der Waals surface area (Å²) in [5.74, 6) is 1.13. The highest BCUT2D eigenvalue weighted by Gasteiger charge is 2.37. The van der Waals surface area contributed by atoms with Crippen molar-refractivity contribution in [2.45, 2.75) is 39.7 Å². The lowest BCUT2D eigenvalue weighted by molar-refractivity contribution is -0.136. The summed E-state index contributed by atoms with van der Waals surface area (Å²) in [6.45, 7) is 9.85. The number of nitrogens with zero attached hydrogens (tertiary/aromatic N) is 2. The van der Waals surface area contributed by atoms with Crippen LogP contribution in [0.5, 0.6) is 11.5 Å². The SMILES string of the molecule is C=CCc1cc(/C=C2\SC(=O)N(CC(=O)N3CCC(C)CC3)C2=O)cc(OCC)c1OCc1ccccc1. The minimum Gasteiger partial charge on any atom is -0.490 e. The van der Waals surface area contributed by atoms with Crippen molar-refractivity contribution < 1.29 is 23.9 Å². The molecule has 0 spiro atoms. The molecule has 2 aromatic rings. The molecule has 0 N–H and O–H groups in total. The molecule has 2 aromatic carbocycles. The number of carbonyl (C=O) groups excluding carboxylic acids is 3. The molecule has 0 aliphatic carbocycles. The van der Waals surface area contributed by atoms with Gasteiger partial charge in [-0.25, -0.2) is 0 Å². The van der Waals surface area contributed by atoms with Gasteiger partial charge < -0.3 is 14.4 Å². The highest BCUT2D eigenvalue weighted by molar-refractivity contribution is 8.18. The smallest absolute Gasteiger partial charge is 0.294 e. The van der Waals surface area contributed by atoms with E-state index in [4.69, 9.17) is 9.47 Å². The zero-order chi connectivity index (χ0) is 27.1. The molecule has 2 fully saturated rings. The number of rotatable bonds is 10. The predicted octanol–water partition coefficient (Wildman–Crippen LogP) is 5.69. The maximum atomic E-state index is 13.1. The van der Waals surface area contributed by atoms with Crippen LogP contribution in [0.3, 0.4) is 0 Å². The molecule has 2 aliphatic rings. The number of benzene rings is 2. The number of carbonyl (C=O) groups is 3. The Bertz CT molecular complexity index is 1220. The first-order valence-corrected chi connectivity index (χ1v) is 13.8. The predicted molar refractivity (Wildman–Crippen MR) is 150 cm³/mol. The normalized spacial score (nSPS) is 17.3. The van der Waals surface area contributed by atoms with Gasteiger partial charge >= 0.3 is 0 Å². The van der Waals surface area contributed by atoms with E-state index in [1.54, 1.807) is 17.1 Å². The molecule has 0 aromatic heterocycles. The molecular formula is C30H34N2O5S. The number of amides is 3. The Morgan fingerprint density at radius 1 is 1.13 bits per heavy atom. The summed E-state index contributed by atoms with van der Waals surface area (Å²) < 4.78 is 12.1. The summed E-state index contributed by atoms with van der Waals surface area (Å²) in [7, 11) is 0. The first-order chi connectivity index (χ1) is 18.4. The molecule has 200 valence electrons. The first-order valence-electron chi connectivity index (χ1n) is 13.0. The number of thioether (sulfide) groups is 1. The van der Waals surface area contributed by atoms with Gasteiger partial charge in [-0.3, -0.25) is 19.3 Å². The van der Waals surface area contributed by atoms with Crippen LogP contribution in [-0.2, 0) is 22.6 Å². The molecule has 38 heavy (non-hydrogen) atoms. The van der Waals surface area contributed by atoms with Crippen molar-refractivity contribution in [3.8, 4) is 11.5 Å². The van der Waals surface area contributed by atoms with Crippen LogP contribution in [0.4, 0.5) is 4.79 Å². The standard InChI is InChI=1S/C30H34N2O5S/c1-4-9-24-16-23(17-25(36-5-2)28(24)37-20-22-10-7-6-8-11-22)18-26-29(34)32(30(35)38-26)19-27(33)31-14-12-21(3)13-15-31/h4,6-8,10-11,16-18,21H,1,5,9,12-15,19-20H2,2-3H3/b26-18-. The number of hydrogen-bond donors (Lipinski definition) is 0. The van der Waals surface area contributed by atoms with Crippen molar-refractivity contribution in [1.82, 2.24) is 9.80 Å². The second kappa shape index (κ2) is 12.8. The molecule has 2 heterocycles. The van der Waals surface area contributed by atoms with E-state index in [0.717, 1.165) is 40.6 Å². The fraction of sp³-hybridized carbons (Fsp3) is 0.367. The molecule has 0 saturated carbocycles. The van der Waals surface area contributed by atoms with Gasteiger partial charge in [0.15, 0.2) is 11.5 Å². The van der Waals surface area contributed by atoms with Crippen molar-refractivity contribution >= 4 is 34.9 Å². The Balaban J connectivity index is 1.54. The average molecular weight is 535 g/mol. The van der Waals surface area contributed by atoms with Crippen LogP contribution < -0.4 is 9.47 Å². The van der Waals surface area contributed by atoms with Crippen molar-refractivity contribution in [3.63, 3.8) is 0 Å². The van der Waals surface area contributed by atoms with E-state index in [9.17, 15) is 14.4 Å². The summed E-state index contributed by atoms with van der Waals surface area (Å²) >= 11 is 0.851. The molecule has 8 heteroatoms. The van der Waals surface area contributed by atoms with E-state index < -0.39 is 11.1 Å². The van der Waals surface area contributed by atoms with Gasteiger partial charge in [-0.15, -0.1) is 6.58 Å². The molecule has 3 amide bonds. The van der Waals surface area contributed by atoms with Crippen molar-refractivity contribution in [2.24, 2.45) is 5.92 Å².